The van der Waals surface area contributed by atoms with E-state index >= 15 is 0 Å². The van der Waals surface area contributed by atoms with Gasteiger partial charge in [0.15, 0.2) is 8.32 Å². The van der Waals surface area contributed by atoms with Gasteiger partial charge in [0.2, 0.25) is 0 Å². The van der Waals surface area contributed by atoms with Crippen LogP contribution in [0.5, 0.6) is 0 Å². The van der Waals surface area contributed by atoms with E-state index in [2.05, 4.69) is 32.0 Å². The van der Waals surface area contributed by atoms with E-state index in [0.717, 1.165) is 10.6 Å². The van der Waals surface area contributed by atoms with Crippen molar-refractivity contribution in [3.05, 3.63) is 53.2 Å². The minimum absolute atomic E-state index is 0.0681. The summed E-state index contributed by atoms with van der Waals surface area (Å²) in [6.07, 6.45) is 1.78. The zero-order chi connectivity index (χ0) is 12.2. The van der Waals surface area contributed by atoms with Crippen LogP contribution < -0.4 is 0 Å². The molecule has 0 amide bonds. The molecular formula is C13H17ClOSi. The molecule has 1 atom stereocenters. The van der Waals surface area contributed by atoms with Crippen LogP contribution in [0.2, 0.25) is 24.7 Å². The average Bonchev–Trinajstić information content (AvgIpc) is 2.16. The number of halogens is 1. The van der Waals surface area contributed by atoms with Crippen molar-refractivity contribution in [1.29, 1.82) is 0 Å². The first-order valence-corrected chi connectivity index (χ1v) is 9.00. The van der Waals surface area contributed by atoms with E-state index in [4.69, 9.17) is 16.0 Å². The summed E-state index contributed by atoms with van der Waals surface area (Å²) in [5, 5.41) is 0.734. The molecule has 0 unspecified atom stereocenters. The number of hydrogen-bond acceptors (Lipinski definition) is 1. The van der Waals surface area contributed by atoms with Crippen LogP contribution in [0.3, 0.4) is 0 Å². The average molecular weight is 253 g/mol. The van der Waals surface area contributed by atoms with Gasteiger partial charge in [-0.3, -0.25) is 0 Å². The van der Waals surface area contributed by atoms with E-state index in [0.29, 0.717) is 0 Å². The van der Waals surface area contributed by atoms with Crippen LogP contribution in [0.4, 0.5) is 0 Å². The molecule has 0 heterocycles. The van der Waals surface area contributed by atoms with E-state index < -0.39 is 8.32 Å². The molecule has 1 aromatic carbocycles. The highest BCUT2D eigenvalue weighted by molar-refractivity contribution is 6.69. The summed E-state index contributed by atoms with van der Waals surface area (Å²) in [6.45, 7) is 10.1. The molecule has 0 aliphatic rings. The summed E-state index contributed by atoms with van der Waals surface area (Å²) >= 11 is 5.86. The third-order valence-corrected chi connectivity index (χ3v) is 3.16. The summed E-state index contributed by atoms with van der Waals surface area (Å²) in [6, 6.07) is 7.69. The largest absolute Gasteiger partial charge is 0.407 e. The summed E-state index contributed by atoms with van der Waals surface area (Å²) in [4.78, 5) is 0. The lowest BCUT2D eigenvalue weighted by Crippen LogP contribution is -2.27. The van der Waals surface area contributed by atoms with Gasteiger partial charge in [-0.1, -0.05) is 30.3 Å². The van der Waals surface area contributed by atoms with Gasteiger partial charge in [0.1, 0.15) is 0 Å². The Morgan fingerprint density at radius 2 is 1.88 bits per heavy atom. The summed E-state index contributed by atoms with van der Waals surface area (Å²) in [5.41, 5.74) is 3.88. The van der Waals surface area contributed by atoms with Gasteiger partial charge >= 0.3 is 0 Å². The van der Waals surface area contributed by atoms with Crippen LogP contribution in [-0.2, 0) is 4.43 Å². The number of hydrogen-bond donors (Lipinski definition) is 0. The predicted molar refractivity (Wildman–Crippen MR) is 72.3 cm³/mol. The smallest absolute Gasteiger partial charge is 0.185 e. The number of benzene rings is 1. The summed E-state index contributed by atoms with van der Waals surface area (Å²) in [5.74, 6) is 0. The topological polar surface area (TPSA) is 9.23 Å². The molecule has 0 aliphatic carbocycles. The molecule has 16 heavy (non-hydrogen) atoms. The Balaban J connectivity index is 2.94. The zero-order valence-electron chi connectivity index (χ0n) is 9.96. The lowest BCUT2D eigenvalue weighted by molar-refractivity contribution is 0.248. The Hall–Kier alpha value is -0.793. The Bertz CT molecular complexity index is 385. The maximum Gasteiger partial charge on any atom is 0.185 e. The molecule has 0 fully saturated rings. The molecule has 0 saturated carbocycles. The van der Waals surface area contributed by atoms with Crippen molar-refractivity contribution in [2.45, 2.75) is 25.7 Å². The standard InChI is InChI=1S/C13H17ClOSi/c1-5-6-13(15-16(2,3)4)11-7-9-12(14)10-8-11/h6-10,13H,1H2,2-4H3/t13-/m1/s1. The SMILES string of the molecule is C=C=C[C@@H](O[Si](C)(C)C)c1ccc(Cl)cc1. The Labute approximate surface area is 104 Å². The highest BCUT2D eigenvalue weighted by Gasteiger charge is 2.20. The second kappa shape index (κ2) is 5.51. The van der Waals surface area contributed by atoms with Gasteiger partial charge in [-0.2, -0.15) is 0 Å². The first-order chi connectivity index (χ1) is 7.42. The van der Waals surface area contributed by atoms with Crippen molar-refractivity contribution in [3.8, 4) is 0 Å². The van der Waals surface area contributed by atoms with Gasteiger partial charge < -0.3 is 4.43 Å². The van der Waals surface area contributed by atoms with Crippen molar-refractivity contribution >= 4 is 19.9 Å². The predicted octanol–water partition coefficient (Wildman–Crippen LogP) is 4.57. The molecule has 86 valence electrons. The van der Waals surface area contributed by atoms with E-state index in [9.17, 15) is 0 Å². The lowest BCUT2D eigenvalue weighted by atomic mass is 10.1. The molecular weight excluding hydrogens is 236 g/mol. The molecule has 0 bridgehead atoms. The van der Waals surface area contributed by atoms with Gasteiger partial charge in [0.05, 0.1) is 6.10 Å². The van der Waals surface area contributed by atoms with E-state index in [1.165, 1.54) is 0 Å². The number of rotatable bonds is 4. The Morgan fingerprint density at radius 1 is 1.31 bits per heavy atom. The van der Waals surface area contributed by atoms with E-state index in [1.54, 1.807) is 0 Å². The van der Waals surface area contributed by atoms with Crippen LogP contribution in [0.1, 0.15) is 11.7 Å². The van der Waals surface area contributed by atoms with Crippen LogP contribution >= 0.6 is 11.6 Å². The van der Waals surface area contributed by atoms with Gasteiger partial charge in [-0.15, -0.1) is 5.73 Å². The van der Waals surface area contributed by atoms with E-state index in [1.807, 2.05) is 30.3 Å². The fourth-order valence-corrected chi connectivity index (χ4v) is 2.43. The van der Waals surface area contributed by atoms with Gasteiger partial charge in [-0.05, 0) is 43.4 Å². The summed E-state index contributed by atoms with van der Waals surface area (Å²) < 4.78 is 6.04. The van der Waals surface area contributed by atoms with Crippen molar-refractivity contribution in [2.24, 2.45) is 0 Å². The fourth-order valence-electron chi connectivity index (χ4n) is 1.34. The quantitative estimate of drug-likeness (QED) is 0.563. The van der Waals surface area contributed by atoms with Crippen molar-refractivity contribution in [3.63, 3.8) is 0 Å². The maximum atomic E-state index is 6.04. The van der Waals surface area contributed by atoms with Crippen LogP contribution in [0.15, 0.2) is 42.7 Å². The normalized spacial score (nSPS) is 13.0. The highest BCUT2D eigenvalue weighted by atomic mass is 35.5. The minimum Gasteiger partial charge on any atom is -0.407 e. The molecule has 1 nitrogen and oxygen atoms in total. The van der Waals surface area contributed by atoms with Gasteiger partial charge in [0, 0.05) is 5.02 Å². The third kappa shape index (κ3) is 4.38. The molecule has 0 aliphatic heterocycles. The maximum absolute atomic E-state index is 6.04. The molecule has 0 saturated heterocycles. The van der Waals surface area contributed by atoms with Gasteiger partial charge in [0.25, 0.3) is 0 Å². The molecule has 3 heteroatoms. The van der Waals surface area contributed by atoms with Gasteiger partial charge in [-0.25, -0.2) is 0 Å². The second-order valence-corrected chi connectivity index (χ2v) is 9.47. The van der Waals surface area contributed by atoms with Crippen molar-refractivity contribution < 1.29 is 4.43 Å². The van der Waals surface area contributed by atoms with Crippen LogP contribution in [0, 0.1) is 0 Å². The van der Waals surface area contributed by atoms with E-state index in [-0.39, 0.29) is 6.10 Å². The Morgan fingerprint density at radius 3 is 2.31 bits per heavy atom. The monoisotopic (exact) mass is 252 g/mol. The fraction of sp³-hybridized carbons (Fsp3) is 0.308. The first-order valence-electron chi connectivity index (χ1n) is 5.21. The van der Waals surface area contributed by atoms with Crippen molar-refractivity contribution in [2.75, 3.05) is 0 Å². The molecule has 1 aromatic rings. The second-order valence-electron chi connectivity index (χ2n) is 4.57. The third-order valence-electron chi connectivity index (χ3n) is 1.95. The Kier molecular flexibility index (Phi) is 4.57. The zero-order valence-corrected chi connectivity index (χ0v) is 11.7. The molecule has 1 rings (SSSR count). The molecule has 0 N–H and O–H groups in total. The minimum atomic E-state index is -1.59. The van der Waals surface area contributed by atoms with Crippen LogP contribution in [-0.4, -0.2) is 8.32 Å². The lowest BCUT2D eigenvalue weighted by Gasteiger charge is -2.24. The highest BCUT2D eigenvalue weighted by Crippen LogP contribution is 2.24. The first kappa shape index (κ1) is 13.3. The molecule has 0 aromatic heterocycles. The molecule has 0 spiro atoms. The van der Waals surface area contributed by atoms with Crippen LogP contribution in [0.25, 0.3) is 0 Å². The summed E-state index contributed by atoms with van der Waals surface area (Å²) in [7, 11) is -1.59. The van der Waals surface area contributed by atoms with Crippen molar-refractivity contribution in [1.82, 2.24) is 0 Å². The molecule has 0 radical (unpaired) electrons.